The summed E-state index contributed by atoms with van der Waals surface area (Å²) in [4.78, 5) is 26.0. The number of hydrogen-bond acceptors (Lipinski definition) is 6. The number of aromatic nitrogens is 4. The number of aromatic amines is 1. The van der Waals surface area contributed by atoms with Gasteiger partial charge in [0.25, 0.3) is 0 Å². The van der Waals surface area contributed by atoms with Gasteiger partial charge in [-0.1, -0.05) is 18.2 Å². The first-order valence-electron chi connectivity index (χ1n) is 12.3. The van der Waals surface area contributed by atoms with Crippen LogP contribution in [-0.4, -0.2) is 65.3 Å². The summed E-state index contributed by atoms with van der Waals surface area (Å²) in [6.07, 6.45) is 3.54. The minimum absolute atomic E-state index is 0.0974. The molecule has 0 atom stereocenters. The molecule has 5 rings (SSSR count). The molecule has 1 N–H and O–H groups in total. The smallest absolute Gasteiger partial charge is 0.225 e. The number of piperidine rings is 1. The quantitative estimate of drug-likeness (QED) is 0.445. The maximum Gasteiger partial charge on any atom is 0.225 e. The molecule has 36 heavy (non-hydrogen) atoms. The van der Waals surface area contributed by atoms with Crippen LogP contribution in [0.5, 0.6) is 5.75 Å². The summed E-state index contributed by atoms with van der Waals surface area (Å²) in [5, 5.41) is 7.67. The second-order valence-electron chi connectivity index (χ2n) is 9.65. The van der Waals surface area contributed by atoms with Crippen LogP contribution >= 0.6 is 0 Å². The third-order valence-corrected chi connectivity index (χ3v) is 7.21. The minimum atomic E-state index is 0.0974. The molecule has 4 heterocycles. The lowest BCUT2D eigenvalue weighted by molar-refractivity contribution is -0.133. The largest absolute Gasteiger partial charge is 0.494 e. The second-order valence-corrected chi connectivity index (χ2v) is 9.65. The Morgan fingerprint density at radius 2 is 1.89 bits per heavy atom. The van der Waals surface area contributed by atoms with Crippen LogP contribution in [0.4, 0.5) is 5.82 Å². The Kier molecular flexibility index (Phi) is 6.35. The van der Waals surface area contributed by atoms with Crippen molar-refractivity contribution in [3.63, 3.8) is 0 Å². The molecular weight excluding hydrogens is 452 g/mol. The normalized spacial score (nSPS) is 14.3. The zero-order valence-corrected chi connectivity index (χ0v) is 21.5. The van der Waals surface area contributed by atoms with Crippen molar-refractivity contribution in [1.29, 1.82) is 0 Å². The Hall–Kier alpha value is -3.94. The van der Waals surface area contributed by atoms with Gasteiger partial charge in [-0.05, 0) is 49.9 Å². The summed E-state index contributed by atoms with van der Waals surface area (Å²) in [5.41, 5.74) is 7.48. The highest BCUT2D eigenvalue weighted by Gasteiger charge is 2.26. The van der Waals surface area contributed by atoms with Crippen LogP contribution in [0.1, 0.15) is 24.0 Å². The van der Waals surface area contributed by atoms with Crippen LogP contribution in [-0.2, 0) is 4.79 Å². The monoisotopic (exact) mass is 484 g/mol. The van der Waals surface area contributed by atoms with Gasteiger partial charge in [-0.25, -0.2) is 9.97 Å². The Morgan fingerprint density at radius 1 is 1.11 bits per heavy atom. The van der Waals surface area contributed by atoms with E-state index in [0.29, 0.717) is 5.75 Å². The summed E-state index contributed by atoms with van der Waals surface area (Å²) in [7, 11) is 5.31. The van der Waals surface area contributed by atoms with Crippen LogP contribution in [0.15, 0.2) is 42.6 Å². The van der Waals surface area contributed by atoms with Crippen molar-refractivity contribution in [2.24, 2.45) is 5.92 Å². The van der Waals surface area contributed by atoms with E-state index < -0.39 is 0 Å². The van der Waals surface area contributed by atoms with Gasteiger partial charge < -0.3 is 14.5 Å². The maximum absolute atomic E-state index is 12.3. The first-order chi connectivity index (χ1) is 17.4. The highest BCUT2D eigenvalue weighted by molar-refractivity contribution is 5.93. The van der Waals surface area contributed by atoms with E-state index in [1.165, 1.54) is 11.1 Å². The number of H-pyrrole nitrogens is 1. The second kappa shape index (κ2) is 9.60. The molecule has 1 aliphatic heterocycles. The minimum Gasteiger partial charge on any atom is -0.494 e. The van der Waals surface area contributed by atoms with Crippen molar-refractivity contribution in [3.05, 3.63) is 53.7 Å². The molecule has 186 valence electrons. The van der Waals surface area contributed by atoms with E-state index in [-0.39, 0.29) is 11.8 Å². The van der Waals surface area contributed by atoms with Gasteiger partial charge >= 0.3 is 0 Å². The van der Waals surface area contributed by atoms with Gasteiger partial charge in [-0.2, -0.15) is 5.10 Å². The van der Waals surface area contributed by atoms with Gasteiger partial charge in [0.15, 0.2) is 0 Å². The fraction of sp³-hybridized carbons (Fsp3) is 0.357. The number of nitrogens with one attached hydrogen (secondary N) is 1. The lowest BCUT2D eigenvalue weighted by Crippen LogP contribution is -2.40. The van der Waals surface area contributed by atoms with Crippen molar-refractivity contribution in [1.82, 2.24) is 25.1 Å². The maximum atomic E-state index is 12.3. The molecule has 1 fully saturated rings. The van der Waals surface area contributed by atoms with Crippen LogP contribution in [0.2, 0.25) is 0 Å². The van der Waals surface area contributed by atoms with Gasteiger partial charge in [0.05, 0.1) is 12.6 Å². The Bertz CT molecular complexity index is 1400. The number of anilines is 1. The molecule has 0 aliphatic carbocycles. The summed E-state index contributed by atoms with van der Waals surface area (Å²) in [6.45, 7) is 5.85. The van der Waals surface area contributed by atoms with Crippen LogP contribution < -0.4 is 9.64 Å². The summed E-state index contributed by atoms with van der Waals surface area (Å²) < 4.78 is 5.68. The van der Waals surface area contributed by atoms with Crippen molar-refractivity contribution in [2.75, 3.05) is 39.2 Å². The van der Waals surface area contributed by atoms with Crippen molar-refractivity contribution >= 4 is 22.8 Å². The lowest BCUT2D eigenvalue weighted by Gasteiger charge is -2.33. The van der Waals surface area contributed by atoms with E-state index >= 15 is 0 Å². The Morgan fingerprint density at radius 3 is 2.56 bits per heavy atom. The number of amides is 1. The van der Waals surface area contributed by atoms with Crippen molar-refractivity contribution in [2.45, 2.75) is 26.7 Å². The molecule has 0 bridgehead atoms. The number of methoxy groups -OCH3 is 1. The highest BCUT2D eigenvalue weighted by Crippen LogP contribution is 2.36. The topological polar surface area (TPSA) is 87.2 Å². The molecule has 8 nitrogen and oxygen atoms in total. The average molecular weight is 485 g/mol. The number of benzene rings is 1. The third kappa shape index (κ3) is 4.27. The number of pyridine rings is 2. The zero-order valence-electron chi connectivity index (χ0n) is 21.5. The van der Waals surface area contributed by atoms with Gasteiger partial charge in [-0.3, -0.25) is 9.89 Å². The number of ether oxygens (including phenoxy) is 1. The van der Waals surface area contributed by atoms with E-state index in [1.807, 2.05) is 44.6 Å². The molecule has 8 heteroatoms. The number of fused-ring (bicyclic) bond motifs is 1. The molecule has 1 aromatic carbocycles. The molecule has 1 aliphatic rings. The van der Waals surface area contributed by atoms with Crippen LogP contribution in [0.25, 0.3) is 33.5 Å². The van der Waals surface area contributed by atoms with Crippen molar-refractivity contribution < 1.29 is 9.53 Å². The lowest BCUT2D eigenvalue weighted by atomic mass is 9.95. The fourth-order valence-corrected chi connectivity index (χ4v) is 4.92. The van der Waals surface area contributed by atoms with Crippen LogP contribution in [0.3, 0.4) is 0 Å². The van der Waals surface area contributed by atoms with E-state index in [0.717, 1.165) is 65.3 Å². The molecule has 0 saturated carbocycles. The Labute approximate surface area is 211 Å². The fourth-order valence-electron chi connectivity index (χ4n) is 4.92. The molecular formula is C28H32N6O2. The number of aryl methyl sites for hydroxylation is 1. The number of carbonyl (C=O) groups is 1. The number of carbonyl (C=O) groups excluding carboxylic acids is 1. The molecule has 0 unspecified atom stereocenters. The summed E-state index contributed by atoms with van der Waals surface area (Å²) in [5.74, 6) is 1.93. The predicted octanol–water partition coefficient (Wildman–Crippen LogP) is 4.62. The number of nitrogens with zero attached hydrogens (tertiary/aromatic N) is 5. The molecule has 3 aromatic heterocycles. The van der Waals surface area contributed by atoms with Gasteiger partial charge in [0.2, 0.25) is 5.91 Å². The van der Waals surface area contributed by atoms with Crippen molar-refractivity contribution in [3.8, 4) is 28.3 Å². The SMILES string of the molecule is COc1cc2[nH]nc(-c3ccc(N4CCC(C(=O)N(C)C)CC4)nc3)c2nc1-c1cccc(C)c1C. The first kappa shape index (κ1) is 23.8. The highest BCUT2D eigenvalue weighted by atomic mass is 16.5. The third-order valence-electron chi connectivity index (χ3n) is 7.21. The Balaban J connectivity index is 1.43. The standard InChI is InChI=1S/C28H32N6O2/c1-17-7-6-8-21(18(17)2)26-23(36-5)15-22-27(30-26)25(32-31-22)20-9-10-24(29-16-20)34-13-11-19(12-14-34)28(35)33(3)4/h6-10,15-16,19H,11-14H2,1-5H3,(H,31,32). The summed E-state index contributed by atoms with van der Waals surface area (Å²) >= 11 is 0. The first-order valence-corrected chi connectivity index (χ1v) is 12.3. The molecule has 0 radical (unpaired) electrons. The van der Waals surface area contributed by atoms with Gasteiger partial charge in [0.1, 0.15) is 28.5 Å². The molecule has 0 spiro atoms. The zero-order chi connectivity index (χ0) is 25.4. The van der Waals surface area contributed by atoms with Gasteiger partial charge in [-0.15, -0.1) is 0 Å². The van der Waals surface area contributed by atoms with Gasteiger partial charge in [0, 0.05) is 56.5 Å². The van der Waals surface area contributed by atoms with E-state index in [2.05, 4.69) is 41.1 Å². The van der Waals surface area contributed by atoms with Crippen LogP contribution in [0, 0.1) is 19.8 Å². The predicted molar refractivity (Wildman–Crippen MR) is 142 cm³/mol. The molecule has 4 aromatic rings. The molecule has 1 amide bonds. The van der Waals surface area contributed by atoms with E-state index in [4.69, 9.17) is 14.7 Å². The number of rotatable bonds is 5. The summed E-state index contributed by atoms with van der Waals surface area (Å²) in [6, 6.07) is 12.2. The van der Waals surface area contributed by atoms with E-state index in [1.54, 1.807) is 12.0 Å². The van der Waals surface area contributed by atoms with E-state index in [9.17, 15) is 4.79 Å². The number of hydrogen-bond donors (Lipinski definition) is 1. The molecule has 1 saturated heterocycles. The average Bonchev–Trinajstić information content (AvgIpc) is 3.32.